The van der Waals surface area contributed by atoms with Crippen LogP contribution in [0.2, 0.25) is 0 Å². The van der Waals surface area contributed by atoms with Crippen molar-refractivity contribution in [3.8, 4) is 0 Å². The van der Waals surface area contributed by atoms with Gasteiger partial charge in [0.05, 0.1) is 6.04 Å². The van der Waals surface area contributed by atoms with Gasteiger partial charge in [0.1, 0.15) is 5.82 Å². The van der Waals surface area contributed by atoms with Gasteiger partial charge in [0, 0.05) is 18.2 Å². The number of benzene rings is 1. The molecule has 20 heavy (non-hydrogen) atoms. The lowest BCUT2D eigenvalue weighted by atomic mass is 9.95. The van der Waals surface area contributed by atoms with Gasteiger partial charge in [-0.1, -0.05) is 6.42 Å². The van der Waals surface area contributed by atoms with E-state index in [4.69, 9.17) is 5.11 Å². The van der Waals surface area contributed by atoms with Gasteiger partial charge in [0.25, 0.3) is 0 Å². The lowest BCUT2D eigenvalue weighted by Crippen LogP contribution is -2.48. The van der Waals surface area contributed by atoms with Gasteiger partial charge in [-0.2, -0.15) is 0 Å². The maximum atomic E-state index is 12.9. The van der Waals surface area contributed by atoms with Crippen LogP contribution >= 0.6 is 0 Å². The van der Waals surface area contributed by atoms with E-state index in [0.717, 1.165) is 25.8 Å². The van der Waals surface area contributed by atoms with Gasteiger partial charge >= 0.3 is 0 Å². The molecular formula is C16H22FNO2. The van der Waals surface area contributed by atoms with Gasteiger partial charge in [0.15, 0.2) is 5.78 Å². The Kier molecular flexibility index (Phi) is 5.26. The van der Waals surface area contributed by atoms with Crippen LogP contribution < -0.4 is 0 Å². The summed E-state index contributed by atoms with van der Waals surface area (Å²) < 4.78 is 12.9. The summed E-state index contributed by atoms with van der Waals surface area (Å²) in [7, 11) is 0. The van der Waals surface area contributed by atoms with Crippen LogP contribution in [-0.4, -0.2) is 41.0 Å². The number of hydrogen-bond acceptors (Lipinski definition) is 3. The SMILES string of the molecule is CC(C(=O)c1ccc(F)cc1)N1CCCCC1CCO. The molecule has 1 saturated heterocycles. The number of halogens is 1. The number of nitrogens with zero attached hydrogens (tertiary/aromatic N) is 1. The van der Waals surface area contributed by atoms with Crippen LogP contribution in [0.15, 0.2) is 24.3 Å². The third-order valence-corrected chi connectivity index (χ3v) is 4.14. The summed E-state index contributed by atoms with van der Waals surface area (Å²) in [5.41, 5.74) is 0.548. The van der Waals surface area contributed by atoms with E-state index in [-0.39, 0.29) is 30.3 Å². The first-order chi connectivity index (χ1) is 9.63. The van der Waals surface area contributed by atoms with Crippen molar-refractivity contribution < 1.29 is 14.3 Å². The van der Waals surface area contributed by atoms with Crippen LogP contribution in [0.3, 0.4) is 0 Å². The van der Waals surface area contributed by atoms with Crippen LogP contribution in [0.1, 0.15) is 43.0 Å². The summed E-state index contributed by atoms with van der Waals surface area (Å²) in [5.74, 6) is -0.305. The van der Waals surface area contributed by atoms with Crippen molar-refractivity contribution in [2.45, 2.75) is 44.7 Å². The summed E-state index contributed by atoms with van der Waals surface area (Å²) in [6, 6.07) is 5.77. The molecule has 0 bridgehead atoms. The van der Waals surface area contributed by atoms with Crippen LogP contribution in [0, 0.1) is 5.82 Å². The number of likely N-dealkylation sites (tertiary alicyclic amines) is 1. The summed E-state index contributed by atoms with van der Waals surface area (Å²) in [6.07, 6.45) is 3.98. The van der Waals surface area contributed by atoms with Crippen molar-refractivity contribution in [3.05, 3.63) is 35.6 Å². The third-order valence-electron chi connectivity index (χ3n) is 4.14. The molecule has 2 atom stereocenters. The standard InChI is InChI=1S/C16H22FNO2/c1-12(16(20)13-5-7-14(17)8-6-13)18-10-3-2-4-15(18)9-11-19/h5-8,12,15,19H,2-4,9-11H2,1H3. The number of carbonyl (C=O) groups is 1. The van der Waals surface area contributed by atoms with E-state index >= 15 is 0 Å². The van der Waals surface area contributed by atoms with Crippen LogP contribution in [-0.2, 0) is 0 Å². The molecule has 1 aliphatic heterocycles. The summed E-state index contributed by atoms with van der Waals surface area (Å²) >= 11 is 0. The second kappa shape index (κ2) is 6.95. The molecule has 3 nitrogen and oxygen atoms in total. The molecule has 1 aliphatic rings. The van der Waals surface area contributed by atoms with Crippen molar-refractivity contribution in [1.29, 1.82) is 0 Å². The largest absolute Gasteiger partial charge is 0.396 e. The van der Waals surface area contributed by atoms with E-state index in [1.54, 1.807) is 12.1 Å². The number of carbonyl (C=O) groups excluding carboxylic acids is 1. The highest BCUT2D eigenvalue weighted by Crippen LogP contribution is 2.23. The zero-order valence-corrected chi connectivity index (χ0v) is 11.9. The molecule has 110 valence electrons. The fourth-order valence-electron chi connectivity index (χ4n) is 3.00. The lowest BCUT2D eigenvalue weighted by molar-refractivity contribution is 0.0604. The van der Waals surface area contributed by atoms with Crippen molar-refractivity contribution in [3.63, 3.8) is 0 Å². The zero-order valence-electron chi connectivity index (χ0n) is 11.9. The predicted octanol–water partition coefficient (Wildman–Crippen LogP) is 2.63. The second-order valence-electron chi connectivity index (χ2n) is 5.45. The highest BCUT2D eigenvalue weighted by Gasteiger charge is 2.30. The molecule has 1 aromatic rings. The summed E-state index contributed by atoms with van der Waals surface area (Å²) in [6.45, 7) is 2.94. The van der Waals surface area contributed by atoms with Crippen molar-refractivity contribution >= 4 is 5.78 Å². The Morgan fingerprint density at radius 3 is 2.75 bits per heavy atom. The molecule has 0 radical (unpaired) electrons. The van der Waals surface area contributed by atoms with Gasteiger partial charge in [-0.3, -0.25) is 9.69 Å². The highest BCUT2D eigenvalue weighted by atomic mass is 19.1. The first kappa shape index (κ1) is 15.1. The molecule has 0 aliphatic carbocycles. The molecule has 0 saturated carbocycles. The topological polar surface area (TPSA) is 40.5 Å². The Morgan fingerprint density at radius 1 is 1.40 bits per heavy atom. The van der Waals surface area contributed by atoms with E-state index in [1.165, 1.54) is 12.1 Å². The van der Waals surface area contributed by atoms with Gasteiger partial charge in [-0.15, -0.1) is 0 Å². The van der Waals surface area contributed by atoms with Gasteiger partial charge in [0.2, 0.25) is 0 Å². The molecule has 2 rings (SSSR count). The van der Waals surface area contributed by atoms with Crippen LogP contribution in [0.4, 0.5) is 4.39 Å². The summed E-state index contributed by atoms with van der Waals surface area (Å²) in [4.78, 5) is 14.7. The zero-order chi connectivity index (χ0) is 14.5. The number of aliphatic hydroxyl groups excluding tert-OH is 1. The Bertz CT molecular complexity index is 444. The highest BCUT2D eigenvalue weighted by molar-refractivity contribution is 5.99. The Hall–Kier alpha value is -1.26. The van der Waals surface area contributed by atoms with Crippen molar-refractivity contribution in [2.24, 2.45) is 0 Å². The van der Waals surface area contributed by atoms with Gasteiger partial charge in [-0.25, -0.2) is 4.39 Å². The minimum atomic E-state index is -0.328. The van der Waals surface area contributed by atoms with E-state index in [9.17, 15) is 9.18 Å². The molecule has 1 heterocycles. The molecule has 0 spiro atoms. The lowest BCUT2D eigenvalue weighted by Gasteiger charge is -2.39. The normalized spacial score (nSPS) is 21.6. The minimum absolute atomic E-state index is 0.0230. The van der Waals surface area contributed by atoms with Gasteiger partial charge < -0.3 is 5.11 Å². The monoisotopic (exact) mass is 279 g/mol. The van der Waals surface area contributed by atoms with E-state index < -0.39 is 0 Å². The van der Waals surface area contributed by atoms with Crippen molar-refractivity contribution in [2.75, 3.05) is 13.2 Å². The average Bonchev–Trinajstić information content (AvgIpc) is 2.47. The summed E-state index contributed by atoms with van der Waals surface area (Å²) in [5, 5.41) is 9.15. The Labute approximate surface area is 119 Å². The quantitative estimate of drug-likeness (QED) is 0.842. The Morgan fingerprint density at radius 2 is 2.10 bits per heavy atom. The molecule has 1 N–H and O–H groups in total. The minimum Gasteiger partial charge on any atom is -0.396 e. The van der Waals surface area contributed by atoms with Crippen molar-refractivity contribution in [1.82, 2.24) is 4.90 Å². The van der Waals surface area contributed by atoms with E-state index in [2.05, 4.69) is 4.90 Å². The number of aliphatic hydroxyl groups is 1. The smallest absolute Gasteiger partial charge is 0.179 e. The number of ketones is 1. The third kappa shape index (κ3) is 3.44. The van der Waals surface area contributed by atoms with Gasteiger partial charge in [-0.05, 0) is 57.0 Å². The van der Waals surface area contributed by atoms with E-state index in [0.29, 0.717) is 12.0 Å². The molecule has 1 aromatic carbocycles. The first-order valence-electron chi connectivity index (χ1n) is 7.30. The Balaban J connectivity index is 2.09. The number of piperidine rings is 1. The predicted molar refractivity (Wildman–Crippen MR) is 76.2 cm³/mol. The second-order valence-corrected chi connectivity index (χ2v) is 5.45. The maximum absolute atomic E-state index is 12.9. The van der Waals surface area contributed by atoms with Crippen LogP contribution in [0.5, 0.6) is 0 Å². The molecule has 2 unspecified atom stereocenters. The molecule has 0 amide bonds. The average molecular weight is 279 g/mol. The van der Waals surface area contributed by atoms with Crippen LogP contribution in [0.25, 0.3) is 0 Å². The number of rotatable bonds is 5. The van der Waals surface area contributed by atoms with E-state index in [1.807, 2.05) is 6.92 Å². The fourth-order valence-corrected chi connectivity index (χ4v) is 3.00. The molecule has 1 fully saturated rings. The number of Topliss-reactive ketones (excluding diaryl/α,β-unsaturated/α-hetero) is 1. The molecule has 0 aromatic heterocycles. The molecular weight excluding hydrogens is 257 g/mol. The molecule has 4 heteroatoms. The first-order valence-corrected chi connectivity index (χ1v) is 7.30. The maximum Gasteiger partial charge on any atom is 0.179 e. The number of hydrogen-bond donors (Lipinski definition) is 1. The fraction of sp³-hybridized carbons (Fsp3) is 0.562.